The van der Waals surface area contributed by atoms with Crippen molar-refractivity contribution >= 4 is 25.7 Å². The molecule has 4 atom stereocenters. The van der Waals surface area contributed by atoms with Gasteiger partial charge in [-0.05, 0) is 0 Å². The van der Waals surface area contributed by atoms with E-state index >= 15 is 0 Å². The van der Waals surface area contributed by atoms with Crippen molar-refractivity contribution in [3.63, 3.8) is 0 Å². The molecule has 2 aliphatic carbocycles. The van der Waals surface area contributed by atoms with Crippen LogP contribution in [0.4, 0.5) is 0 Å². The number of rotatable bonds is 9. The molecule has 2 aromatic rings. The number of carbonyl (C=O) groups excluding carboxylic acids is 1. The number of likely N-dealkylation sites (tertiary alicyclic amines) is 1. The number of amides is 1. The number of hydrogen-bond donors (Lipinski definition) is 0. The van der Waals surface area contributed by atoms with Gasteiger partial charge < -0.3 is 0 Å². The summed E-state index contributed by atoms with van der Waals surface area (Å²) in [5, 5.41) is 0. The van der Waals surface area contributed by atoms with Gasteiger partial charge in [-0.3, -0.25) is 0 Å². The summed E-state index contributed by atoms with van der Waals surface area (Å²) in [6, 6.07) is 19.2. The SMILES string of the molecule is CCCI(CC1[C@H]2CN(C(=O)COCc3ccccc3)C[C@@H]12)C1CCc2ccccc2C1. The molecule has 32 heavy (non-hydrogen) atoms. The third kappa shape index (κ3) is 5.06. The van der Waals surface area contributed by atoms with Gasteiger partial charge in [-0.15, -0.1) is 0 Å². The van der Waals surface area contributed by atoms with Crippen LogP contribution in [0.25, 0.3) is 0 Å². The first kappa shape index (κ1) is 22.4. The molecule has 3 nitrogen and oxygen atoms in total. The number of alkyl halides is 3. The van der Waals surface area contributed by atoms with Gasteiger partial charge in [-0.2, -0.15) is 0 Å². The van der Waals surface area contributed by atoms with Crippen LogP contribution in [0.15, 0.2) is 54.6 Å². The van der Waals surface area contributed by atoms with Crippen LogP contribution in [0.5, 0.6) is 0 Å². The van der Waals surface area contributed by atoms with E-state index in [2.05, 4.69) is 36.1 Å². The summed E-state index contributed by atoms with van der Waals surface area (Å²) >= 11 is -0.958. The fraction of sp³-hybridized carbons (Fsp3) is 0.536. The number of aryl methyl sites for hydroxylation is 1. The molecule has 2 unspecified atom stereocenters. The maximum absolute atomic E-state index is 12.6. The minimum absolute atomic E-state index is 0.180. The van der Waals surface area contributed by atoms with Crippen molar-refractivity contribution < 1.29 is 9.53 Å². The van der Waals surface area contributed by atoms with Crippen molar-refractivity contribution in [2.24, 2.45) is 17.8 Å². The fourth-order valence-electron chi connectivity index (χ4n) is 5.75. The average Bonchev–Trinajstić information content (AvgIpc) is 3.25. The van der Waals surface area contributed by atoms with E-state index in [1.165, 1.54) is 34.5 Å². The van der Waals surface area contributed by atoms with Gasteiger partial charge in [0.1, 0.15) is 0 Å². The molecule has 0 N–H and O–H groups in total. The van der Waals surface area contributed by atoms with Crippen LogP contribution < -0.4 is 0 Å². The van der Waals surface area contributed by atoms with Crippen molar-refractivity contribution in [2.45, 2.75) is 43.1 Å². The molecule has 4 heteroatoms. The Balaban J connectivity index is 1.08. The second kappa shape index (κ2) is 10.3. The third-order valence-corrected chi connectivity index (χ3v) is 15.8. The molecule has 2 fully saturated rings. The Labute approximate surface area is 200 Å². The van der Waals surface area contributed by atoms with E-state index in [4.69, 9.17) is 4.74 Å². The predicted octanol–water partition coefficient (Wildman–Crippen LogP) is 5.38. The summed E-state index contributed by atoms with van der Waals surface area (Å²) in [7, 11) is 0. The molecule has 1 saturated carbocycles. The van der Waals surface area contributed by atoms with Crippen molar-refractivity contribution in [1.82, 2.24) is 4.90 Å². The average molecular weight is 546 g/mol. The van der Waals surface area contributed by atoms with Gasteiger partial charge in [0.25, 0.3) is 0 Å². The Bertz CT molecular complexity index is 905. The number of carbonyl (C=O) groups is 1. The van der Waals surface area contributed by atoms with Gasteiger partial charge in [0.05, 0.1) is 0 Å². The molecular formula is C28H36INO2. The maximum atomic E-state index is 12.6. The molecule has 0 radical (unpaired) electrons. The number of fused-ring (bicyclic) bond motifs is 2. The van der Waals surface area contributed by atoms with Gasteiger partial charge in [-0.25, -0.2) is 0 Å². The standard InChI is InChI=1S/C28H36INO2/c1-2-14-29(24-13-12-22-10-6-7-11-23(22)15-24)16-25-26-17-30(18-27(25)26)28(31)20-32-19-21-8-4-3-5-9-21/h3-11,24-27H,2,12-20H2,1H3/t24?,25?,26-,27+. The van der Waals surface area contributed by atoms with Gasteiger partial charge in [0, 0.05) is 0 Å². The molecule has 1 aliphatic heterocycles. The first-order valence-corrected chi connectivity index (χ1v) is 16.6. The molecular weight excluding hydrogens is 509 g/mol. The first-order valence-electron chi connectivity index (χ1n) is 12.3. The van der Waals surface area contributed by atoms with Crippen LogP contribution in [-0.4, -0.2) is 43.3 Å². The summed E-state index contributed by atoms with van der Waals surface area (Å²) < 4.78 is 9.74. The van der Waals surface area contributed by atoms with E-state index in [9.17, 15) is 4.79 Å². The second-order valence-corrected chi connectivity index (χ2v) is 16.3. The van der Waals surface area contributed by atoms with E-state index in [0.29, 0.717) is 6.61 Å². The summed E-state index contributed by atoms with van der Waals surface area (Å²) in [5.41, 5.74) is 4.36. The Morgan fingerprint density at radius 1 is 1.03 bits per heavy atom. The van der Waals surface area contributed by atoms with Crippen LogP contribution in [0, 0.1) is 17.8 Å². The van der Waals surface area contributed by atoms with Crippen molar-refractivity contribution in [3.05, 3.63) is 71.3 Å². The molecule has 1 saturated heterocycles. The second-order valence-electron chi connectivity index (χ2n) is 9.72. The van der Waals surface area contributed by atoms with E-state index in [0.717, 1.165) is 40.3 Å². The van der Waals surface area contributed by atoms with Gasteiger partial charge >= 0.3 is 195 Å². The summed E-state index contributed by atoms with van der Waals surface area (Å²) in [5.74, 6) is 2.65. The first-order chi connectivity index (χ1) is 15.7. The normalized spacial score (nSPS) is 26.4. The van der Waals surface area contributed by atoms with Crippen LogP contribution in [0.1, 0.15) is 36.5 Å². The topological polar surface area (TPSA) is 29.5 Å². The summed E-state index contributed by atoms with van der Waals surface area (Å²) in [6.07, 6.45) is 5.41. The molecule has 2 aromatic carbocycles. The molecule has 3 aliphatic rings. The van der Waals surface area contributed by atoms with Crippen molar-refractivity contribution in [3.8, 4) is 0 Å². The number of nitrogens with zero attached hydrogens (tertiary/aromatic N) is 1. The van der Waals surface area contributed by atoms with Crippen LogP contribution in [0.2, 0.25) is 0 Å². The third-order valence-electron chi connectivity index (χ3n) is 7.59. The Morgan fingerprint density at radius 2 is 1.75 bits per heavy atom. The van der Waals surface area contributed by atoms with Gasteiger partial charge in [0.15, 0.2) is 0 Å². The number of ether oxygens (including phenoxy) is 1. The summed E-state index contributed by atoms with van der Waals surface area (Å²) in [6.45, 7) is 5.07. The number of halogens is 1. The van der Waals surface area contributed by atoms with E-state index in [-0.39, 0.29) is 12.5 Å². The zero-order valence-electron chi connectivity index (χ0n) is 19.2. The Kier molecular flexibility index (Phi) is 7.17. The Hall–Kier alpha value is -1.40. The van der Waals surface area contributed by atoms with Crippen molar-refractivity contribution in [2.75, 3.05) is 28.6 Å². The van der Waals surface area contributed by atoms with E-state index in [1.807, 2.05) is 30.3 Å². The predicted molar refractivity (Wildman–Crippen MR) is 139 cm³/mol. The van der Waals surface area contributed by atoms with Crippen LogP contribution in [0.3, 0.4) is 0 Å². The number of hydrogen-bond acceptors (Lipinski definition) is 2. The molecule has 0 aromatic heterocycles. The van der Waals surface area contributed by atoms with Gasteiger partial charge in [0.2, 0.25) is 0 Å². The monoisotopic (exact) mass is 545 g/mol. The van der Waals surface area contributed by atoms with E-state index in [1.54, 1.807) is 11.1 Å². The quantitative estimate of drug-likeness (QED) is 0.313. The zero-order valence-corrected chi connectivity index (χ0v) is 21.4. The molecule has 0 spiro atoms. The van der Waals surface area contributed by atoms with Crippen LogP contribution >= 0.6 is 19.8 Å². The molecule has 172 valence electrons. The molecule has 5 rings (SSSR count). The van der Waals surface area contributed by atoms with E-state index < -0.39 is 19.8 Å². The zero-order chi connectivity index (χ0) is 21.9. The summed E-state index contributed by atoms with van der Waals surface area (Å²) in [4.78, 5) is 14.7. The van der Waals surface area contributed by atoms with Crippen molar-refractivity contribution in [1.29, 1.82) is 0 Å². The fourth-order valence-corrected chi connectivity index (χ4v) is 14.1. The van der Waals surface area contributed by atoms with Gasteiger partial charge in [-0.1, -0.05) is 6.07 Å². The number of benzene rings is 2. The van der Waals surface area contributed by atoms with Crippen LogP contribution in [-0.2, 0) is 29.0 Å². The minimum atomic E-state index is -0.958. The molecule has 1 heterocycles. The number of piperidine rings is 1. The Morgan fingerprint density at radius 3 is 2.50 bits per heavy atom. The molecule has 0 bridgehead atoms. The molecule has 1 amide bonds.